The number of carbonyl (C=O) groups is 1. The summed E-state index contributed by atoms with van der Waals surface area (Å²) >= 11 is 0. The second-order valence-electron chi connectivity index (χ2n) is 5.03. The predicted octanol–water partition coefficient (Wildman–Crippen LogP) is 1.14. The monoisotopic (exact) mass is 312 g/mol. The van der Waals surface area contributed by atoms with Crippen LogP contribution in [-0.4, -0.2) is 81.5 Å². The summed E-state index contributed by atoms with van der Waals surface area (Å²) in [6, 6.07) is 0. The van der Waals surface area contributed by atoms with E-state index in [-0.39, 0.29) is 12.6 Å². The van der Waals surface area contributed by atoms with E-state index in [9.17, 15) is 18.0 Å². The van der Waals surface area contributed by atoms with Crippen molar-refractivity contribution in [2.75, 3.05) is 59.6 Å². The Balaban J connectivity index is 2.02. The maximum absolute atomic E-state index is 11.9. The Labute approximate surface area is 123 Å². The van der Waals surface area contributed by atoms with Crippen molar-refractivity contribution in [3.63, 3.8) is 0 Å². The molecule has 5 nitrogen and oxygen atoms in total. The van der Waals surface area contributed by atoms with Gasteiger partial charge in [-0.2, -0.15) is 13.2 Å². The van der Waals surface area contributed by atoms with E-state index in [0.29, 0.717) is 19.4 Å². The highest BCUT2D eigenvalue weighted by Crippen LogP contribution is 2.14. The van der Waals surface area contributed by atoms with Crippen LogP contribution < -0.4 is 0 Å². The number of ether oxygens (including phenoxy) is 2. The first-order valence-electron chi connectivity index (χ1n) is 7.07. The lowest BCUT2D eigenvalue weighted by molar-refractivity contribution is -0.174. The molecule has 1 fully saturated rings. The van der Waals surface area contributed by atoms with Gasteiger partial charge in [0.25, 0.3) is 0 Å². The number of carbonyl (C=O) groups excluding carboxylic acids is 1. The predicted molar refractivity (Wildman–Crippen MR) is 71.0 cm³/mol. The largest absolute Gasteiger partial charge is 0.469 e. The summed E-state index contributed by atoms with van der Waals surface area (Å²) in [6.45, 7) is 3.83. The SMILES string of the molecule is COC(=O)CCN1CCN(CCCOCC(F)(F)F)CC1. The van der Waals surface area contributed by atoms with Crippen LogP contribution in [0.15, 0.2) is 0 Å². The Hall–Kier alpha value is -0.860. The van der Waals surface area contributed by atoms with Crippen LogP contribution in [0.5, 0.6) is 0 Å². The third-order valence-corrected chi connectivity index (χ3v) is 3.35. The van der Waals surface area contributed by atoms with Crippen LogP contribution in [0.25, 0.3) is 0 Å². The van der Waals surface area contributed by atoms with Gasteiger partial charge < -0.3 is 19.3 Å². The first-order valence-corrected chi connectivity index (χ1v) is 7.07. The topological polar surface area (TPSA) is 42.0 Å². The number of piperazine rings is 1. The van der Waals surface area contributed by atoms with Crippen molar-refractivity contribution in [1.29, 1.82) is 0 Å². The molecule has 0 bridgehead atoms. The van der Waals surface area contributed by atoms with Gasteiger partial charge in [-0.3, -0.25) is 4.79 Å². The van der Waals surface area contributed by atoms with E-state index in [1.54, 1.807) is 0 Å². The molecule has 0 radical (unpaired) electrons. The average Bonchev–Trinajstić information content (AvgIpc) is 2.44. The smallest absolute Gasteiger partial charge is 0.411 e. The molecule has 0 unspecified atom stereocenters. The summed E-state index contributed by atoms with van der Waals surface area (Å²) in [4.78, 5) is 15.4. The van der Waals surface area contributed by atoms with Crippen molar-refractivity contribution in [2.24, 2.45) is 0 Å². The van der Waals surface area contributed by atoms with Crippen molar-refractivity contribution < 1.29 is 27.4 Å². The summed E-state index contributed by atoms with van der Waals surface area (Å²) in [5.74, 6) is -0.209. The van der Waals surface area contributed by atoms with Crippen LogP contribution in [0.4, 0.5) is 13.2 Å². The van der Waals surface area contributed by atoms with E-state index in [4.69, 9.17) is 0 Å². The molecule has 21 heavy (non-hydrogen) atoms. The molecule has 0 saturated carbocycles. The molecule has 0 aliphatic carbocycles. The number of nitrogens with zero attached hydrogens (tertiary/aromatic N) is 2. The molecule has 1 saturated heterocycles. The van der Waals surface area contributed by atoms with Crippen molar-refractivity contribution >= 4 is 5.97 Å². The van der Waals surface area contributed by atoms with Crippen LogP contribution >= 0.6 is 0 Å². The Morgan fingerprint density at radius 1 is 1.10 bits per heavy atom. The lowest BCUT2D eigenvalue weighted by Gasteiger charge is -2.34. The zero-order valence-electron chi connectivity index (χ0n) is 12.3. The van der Waals surface area contributed by atoms with Gasteiger partial charge in [0.2, 0.25) is 0 Å². The zero-order chi connectivity index (χ0) is 15.7. The summed E-state index contributed by atoms with van der Waals surface area (Å²) < 4.78 is 44.8. The molecule has 0 aromatic carbocycles. The number of hydrogen-bond donors (Lipinski definition) is 0. The summed E-state index contributed by atoms with van der Waals surface area (Å²) in [5, 5.41) is 0. The van der Waals surface area contributed by atoms with Crippen LogP contribution in [0.2, 0.25) is 0 Å². The maximum atomic E-state index is 11.9. The molecule has 0 atom stereocenters. The molecular weight excluding hydrogens is 289 g/mol. The van der Waals surface area contributed by atoms with Crippen molar-refractivity contribution in [3.05, 3.63) is 0 Å². The summed E-state index contributed by atoms with van der Waals surface area (Å²) in [5.41, 5.74) is 0. The Morgan fingerprint density at radius 3 is 2.19 bits per heavy atom. The third kappa shape index (κ3) is 8.90. The molecule has 0 aromatic heterocycles. The Morgan fingerprint density at radius 2 is 1.67 bits per heavy atom. The molecule has 1 rings (SSSR count). The van der Waals surface area contributed by atoms with Gasteiger partial charge in [0, 0.05) is 45.9 Å². The summed E-state index contributed by atoms with van der Waals surface area (Å²) in [7, 11) is 1.38. The second-order valence-corrected chi connectivity index (χ2v) is 5.03. The van der Waals surface area contributed by atoms with Crippen molar-refractivity contribution in [3.8, 4) is 0 Å². The second kappa shape index (κ2) is 9.22. The van der Waals surface area contributed by atoms with E-state index in [2.05, 4.69) is 19.3 Å². The normalized spacial score (nSPS) is 17.9. The highest BCUT2D eigenvalue weighted by molar-refractivity contribution is 5.69. The molecule has 0 amide bonds. The van der Waals surface area contributed by atoms with Crippen LogP contribution in [-0.2, 0) is 14.3 Å². The number of rotatable bonds is 8. The number of hydrogen-bond acceptors (Lipinski definition) is 5. The fourth-order valence-electron chi connectivity index (χ4n) is 2.17. The highest BCUT2D eigenvalue weighted by atomic mass is 19.4. The summed E-state index contributed by atoms with van der Waals surface area (Å²) in [6.07, 6.45) is -3.26. The number of alkyl halides is 3. The van der Waals surface area contributed by atoms with E-state index >= 15 is 0 Å². The molecular formula is C13H23F3N2O3. The first-order chi connectivity index (χ1) is 9.90. The molecule has 0 N–H and O–H groups in total. The van der Waals surface area contributed by atoms with Gasteiger partial charge in [-0.05, 0) is 6.42 Å². The lowest BCUT2D eigenvalue weighted by atomic mass is 10.2. The zero-order valence-corrected chi connectivity index (χ0v) is 12.3. The van der Waals surface area contributed by atoms with Gasteiger partial charge in [-0.25, -0.2) is 0 Å². The van der Waals surface area contributed by atoms with Crippen LogP contribution in [0.3, 0.4) is 0 Å². The number of halogens is 3. The Kier molecular flexibility index (Phi) is 7.98. The number of esters is 1. The van der Waals surface area contributed by atoms with Gasteiger partial charge in [-0.15, -0.1) is 0 Å². The standard InChI is InChI=1S/C13H23F3N2O3/c1-20-12(19)3-5-18-8-6-17(7-9-18)4-2-10-21-11-13(14,15)16/h2-11H2,1H3. The minimum absolute atomic E-state index is 0.127. The van der Waals surface area contributed by atoms with Crippen LogP contribution in [0, 0.1) is 0 Å². The molecule has 0 aromatic rings. The van der Waals surface area contributed by atoms with E-state index in [1.165, 1.54) is 7.11 Å². The molecule has 1 aliphatic heterocycles. The fraction of sp³-hybridized carbons (Fsp3) is 0.923. The van der Waals surface area contributed by atoms with Gasteiger partial charge in [-0.1, -0.05) is 0 Å². The minimum Gasteiger partial charge on any atom is -0.469 e. The molecule has 124 valence electrons. The van der Waals surface area contributed by atoms with Gasteiger partial charge in [0.15, 0.2) is 0 Å². The van der Waals surface area contributed by atoms with Gasteiger partial charge in [0.05, 0.1) is 13.5 Å². The quantitative estimate of drug-likeness (QED) is 0.497. The molecule has 1 heterocycles. The van der Waals surface area contributed by atoms with E-state index in [1.807, 2.05) is 0 Å². The van der Waals surface area contributed by atoms with Gasteiger partial charge in [0.1, 0.15) is 6.61 Å². The fourth-order valence-corrected chi connectivity index (χ4v) is 2.17. The molecule has 1 aliphatic rings. The number of methoxy groups -OCH3 is 1. The van der Waals surface area contributed by atoms with Gasteiger partial charge >= 0.3 is 12.1 Å². The maximum Gasteiger partial charge on any atom is 0.411 e. The lowest BCUT2D eigenvalue weighted by Crippen LogP contribution is -2.47. The highest BCUT2D eigenvalue weighted by Gasteiger charge is 2.27. The van der Waals surface area contributed by atoms with Crippen LogP contribution in [0.1, 0.15) is 12.8 Å². The van der Waals surface area contributed by atoms with E-state index in [0.717, 1.165) is 32.7 Å². The molecule has 8 heteroatoms. The Bertz CT molecular complexity index is 306. The van der Waals surface area contributed by atoms with Crippen molar-refractivity contribution in [1.82, 2.24) is 9.80 Å². The third-order valence-electron chi connectivity index (χ3n) is 3.35. The average molecular weight is 312 g/mol. The van der Waals surface area contributed by atoms with E-state index < -0.39 is 12.8 Å². The van der Waals surface area contributed by atoms with Crippen molar-refractivity contribution in [2.45, 2.75) is 19.0 Å². The minimum atomic E-state index is -4.24. The molecule has 0 spiro atoms. The first kappa shape index (κ1) is 18.2.